The number of fused-ring (bicyclic) bond motifs is 6. The standard InChI is InChI=1S/C25H19F3.C9H7N/c26-25(27,28)18-12-9-17(10-13-18)23-15-24-19-6-2-1-5-16(19)11-14-22(24)20-7-3-4-8-21(20)23;1-2-6-9-8(4-1)5-3-7-10-9/h3-4,7-15H,1-2,5-6H2;1-7H. The van der Waals surface area contributed by atoms with Crippen LogP contribution in [0.1, 0.15) is 29.5 Å². The van der Waals surface area contributed by atoms with Gasteiger partial charge in [-0.2, -0.15) is 13.2 Å². The number of aromatic nitrogens is 1. The van der Waals surface area contributed by atoms with Crippen LogP contribution < -0.4 is 0 Å². The van der Waals surface area contributed by atoms with E-state index in [1.54, 1.807) is 12.1 Å². The van der Waals surface area contributed by atoms with E-state index in [0.717, 1.165) is 40.3 Å². The number of rotatable bonds is 1. The predicted octanol–water partition coefficient (Wildman–Crippen LogP) is 9.79. The molecule has 0 radical (unpaired) electrons. The van der Waals surface area contributed by atoms with Crippen molar-refractivity contribution in [3.05, 3.63) is 126 Å². The second-order valence-corrected chi connectivity index (χ2v) is 9.75. The number of benzene rings is 5. The van der Waals surface area contributed by atoms with Gasteiger partial charge in [0.1, 0.15) is 0 Å². The van der Waals surface area contributed by atoms with Crippen LogP contribution in [0.15, 0.2) is 109 Å². The third kappa shape index (κ3) is 4.63. The number of halogens is 3. The molecule has 0 saturated carbocycles. The molecule has 0 atom stereocenters. The van der Waals surface area contributed by atoms with Crippen molar-refractivity contribution in [2.45, 2.75) is 31.9 Å². The van der Waals surface area contributed by atoms with Gasteiger partial charge in [-0.15, -0.1) is 0 Å². The van der Waals surface area contributed by atoms with Crippen LogP contribution in [0.5, 0.6) is 0 Å². The highest BCUT2D eigenvalue weighted by atomic mass is 19.4. The second-order valence-electron chi connectivity index (χ2n) is 9.75. The van der Waals surface area contributed by atoms with Crippen molar-refractivity contribution < 1.29 is 13.2 Å². The molecule has 38 heavy (non-hydrogen) atoms. The molecule has 0 unspecified atom stereocenters. The van der Waals surface area contributed by atoms with Crippen LogP contribution >= 0.6 is 0 Å². The van der Waals surface area contributed by atoms with Crippen LogP contribution in [0, 0.1) is 0 Å². The summed E-state index contributed by atoms with van der Waals surface area (Å²) in [6.07, 6.45) is 2.07. The topological polar surface area (TPSA) is 12.9 Å². The zero-order valence-corrected chi connectivity index (χ0v) is 20.8. The predicted molar refractivity (Wildman–Crippen MR) is 150 cm³/mol. The Labute approximate surface area is 219 Å². The second kappa shape index (κ2) is 9.94. The summed E-state index contributed by atoms with van der Waals surface area (Å²) in [7, 11) is 0. The first-order chi connectivity index (χ1) is 18.5. The number of hydrogen-bond donors (Lipinski definition) is 0. The van der Waals surface area contributed by atoms with E-state index in [2.05, 4.69) is 47.4 Å². The third-order valence-corrected chi connectivity index (χ3v) is 7.41. The third-order valence-electron chi connectivity index (χ3n) is 7.41. The minimum atomic E-state index is -4.32. The molecule has 7 rings (SSSR count). The Morgan fingerprint density at radius 1 is 0.605 bits per heavy atom. The quantitative estimate of drug-likeness (QED) is 0.203. The lowest BCUT2D eigenvalue weighted by atomic mass is 9.84. The fraction of sp³-hybridized carbons (Fsp3) is 0.147. The van der Waals surface area contributed by atoms with E-state index >= 15 is 0 Å². The molecule has 1 aliphatic rings. The molecule has 1 nitrogen and oxygen atoms in total. The number of aryl methyl sites for hydroxylation is 2. The molecule has 1 aromatic heterocycles. The Morgan fingerprint density at radius 3 is 2.08 bits per heavy atom. The Kier molecular flexibility index (Phi) is 6.32. The number of hydrogen-bond acceptors (Lipinski definition) is 1. The van der Waals surface area contributed by atoms with Gasteiger partial charge in [0.15, 0.2) is 0 Å². The molecule has 0 amide bonds. The summed E-state index contributed by atoms with van der Waals surface area (Å²) in [5.41, 5.74) is 5.08. The van der Waals surface area contributed by atoms with Gasteiger partial charge in [-0.25, -0.2) is 0 Å². The minimum absolute atomic E-state index is 0.612. The lowest BCUT2D eigenvalue weighted by Gasteiger charge is -2.20. The van der Waals surface area contributed by atoms with Crippen LogP contribution in [0.3, 0.4) is 0 Å². The highest BCUT2D eigenvalue weighted by Crippen LogP contribution is 2.39. The molecule has 0 aliphatic heterocycles. The molecule has 188 valence electrons. The fourth-order valence-electron chi connectivity index (χ4n) is 5.52. The smallest absolute Gasteiger partial charge is 0.256 e. The van der Waals surface area contributed by atoms with Gasteiger partial charge in [0.25, 0.3) is 0 Å². The molecule has 1 aliphatic carbocycles. The number of nitrogens with zero attached hydrogens (tertiary/aromatic N) is 1. The Hall–Kier alpha value is -4.18. The Morgan fingerprint density at radius 2 is 1.29 bits per heavy atom. The maximum absolute atomic E-state index is 13.0. The van der Waals surface area contributed by atoms with Gasteiger partial charge >= 0.3 is 6.18 Å². The molecule has 1 heterocycles. The molecule has 0 saturated heterocycles. The van der Waals surface area contributed by atoms with Crippen molar-refractivity contribution in [2.24, 2.45) is 0 Å². The van der Waals surface area contributed by atoms with E-state index in [1.807, 2.05) is 42.6 Å². The number of alkyl halides is 3. The van der Waals surface area contributed by atoms with Gasteiger partial charge in [-0.05, 0) is 99.8 Å². The minimum Gasteiger partial charge on any atom is -0.256 e. The van der Waals surface area contributed by atoms with E-state index in [-0.39, 0.29) is 0 Å². The molecule has 0 fully saturated rings. The molecular weight excluding hydrogens is 479 g/mol. The maximum atomic E-state index is 13.0. The SMILES string of the molecule is FC(F)(F)c1ccc(-c2cc3c4c(ccc3c3ccccc23)CCCC4)cc1.c1ccc2ncccc2c1. The van der Waals surface area contributed by atoms with Crippen LogP contribution in [0.2, 0.25) is 0 Å². The van der Waals surface area contributed by atoms with Crippen LogP contribution in [0.25, 0.3) is 43.6 Å². The largest absolute Gasteiger partial charge is 0.416 e. The first-order valence-electron chi connectivity index (χ1n) is 12.9. The van der Waals surface area contributed by atoms with Gasteiger partial charge in [0.05, 0.1) is 11.1 Å². The van der Waals surface area contributed by atoms with Crippen LogP contribution in [-0.4, -0.2) is 4.98 Å². The van der Waals surface area contributed by atoms with Gasteiger partial charge in [0, 0.05) is 11.6 Å². The lowest BCUT2D eigenvalue weighted by molar-refractivity contribution is -0.137. The molecule has 0 spiro atoms. The summed E-state index contributed by atoms with van der Waals surface area (Å²) in [4.78, 5) is 4.18. The van der Waals surface area contributed by atoms with Gasteiger partial charge in [0.2, 0.25) is 0 Å². The van der Waals surface area contributed by atoms with Gasteiger partial charge in [-0.3, -0.25) is 4.98 Å². The monoisotopic (exact) mass is 505 g/mol. The summed E-state index contributed by atoms with van der Waals surface area (Å²) in [5.74, 6) is 0. The molecule has 6 aromatic rings. The summed E-state index contributed by atoms with van der Waals surface area (Å²) in [5, 5.41) is 5.90. The summed E-state index contributed by atoms with van der Waals surface area (Å²) < 4.78 is 38.9. The lowest BCUT2D eigenvalue weighted by Crippen LogP contribution is -2.04. The van der Waals surface area contributed by atoms with Gasteiger partial charge in [-0.1, -0.05) is 72.8 Å². The van der Waals surface area contributed by atoms with Crippen molar-refractivity contribution >= 4 is 32.4 Å². The van der Waals surface area contributed by atoms with E-state index in [9.17, 15) is 13.2 Å². The molecule has 4 heteroatoms. The van der Waals surface area contributed by atoms with E-state index < -0.39 is 11.7 Å². The first-order valence-corrected chi connectivity index (χ1v) is 12.9. The molecular formula is C34H26F3N. The summed E-state index contributed by atoms with van der Waals surface area (Å²) >= 11 is 0. The first kappa shape index (κ1) is 24.2. The number of pyridine rings is 1. The molecule has 0 N–H and O–H groups in total. The normalized spacial score (nSPS) is 13.2. The maximum Gasteiger partial charge on any atom is 0.416 e. The van der Waals surface area contributed by atoms with Crippen LogP contribution in [0.4, 0.5) is 13.2 Å². The van der Waals surface area contributed by atoms with Crippen molar-refractivity contribution in [3.63, 3.8) is 0 Å². The van der Waals surface area contributed by atoms with E-state index in [0.29, 0.717) is 0 Å². The van der Waals surface area contributed by atoms with Crippen LogP contribution in [-0.2, 0) is 19.0 Å². The zero-order chi connectivity index (χ0) is 26.1. The van der Waals surface area contributed by atoms with Crippen molar-refractivity contribution in [2.75, 3.05) is 0 Å². The van der Waals surface area contributed by atoms with Crippen molar-refractivity contribution in [1.29, 1.82) is 0 Å². The average Bonchev–Trinajstić information content (AvgIpc) is 2.96. The Bertz CT molecular complexity index is 1690. The van der Waals surface area contributed by atoms with Crippen molar-refractivity contribution in [1.82, 2.24) is 4.98 Å². The van der Waals surface area contributed by atoms with Gasteiger partial charge < -0.3 is 0 Å². The highest BCUT2D eigenvalue weighted by Gasteiger charge is 2.30. The molecule has 0 bridgehead atoms. The summed E-state index contributed by atoms with van der Waals surface area (Å²) in [6.45, 7) is 0. The summed E-state index contributed by atoms with van der Waals surface area (Å²) in [6, 6.07) is 32.4. The number of para-hydroxylation sites is 1. The van der Waals surface area contributed by atoms with Crippen molar-refractivity contribution in [3.8, 4) is 11.1 Å². The Balaban J connectivity index is 0.000000221. The highest BCUT2D eigenvalue weighted by molar-refractivity contribution is 6.14. The van der Waals surface area contributed by atoms with E-state index in [1.165, 1.54) is 52.3 Å². The zero-order valence-electron chi connectivity index (χ0n) is 20.8. The molecule has 5 aromatic carbocycles. The average molecular weight is 506 g/mol. The fourth-order valence-corrected chi connectivity index (χ4v) is 5.52. The van der Waals surface area contributed by atoms with E-state index in [4.69, 9.17) is 0 Å².